The largest absolute Gasteiger partial charge is 0.402 e. The van der Waals surface area contributed by atoms with Gasteiger partial charge in [0, 0.05) is 0 Å². The summed E-state index contributed by atoms with van der Waals surface area (Å²) in [5.41, 5.74) is 2.29. The lowest BCUT2D eigenvalue weighted by Gasteiger charge is -2.35. The Kier molecular flexibility index (Phi) is 4.79. The molecule has 1 rings (SSSR count). The number of hydrogen-bond donors (Lipinski definition) is 1. The average molecular weight is 248 g/mol. The lowest BCUT2D eigenvalue weighted by atomic mass is 10.6. The van der Waals surface area contributed by atoms with Crippen LogP contribution in [-0.2, 0) is 19.0 Å². The Morgan fingerprint density at radius 3 is 2.00 bits per heavy atom. The first kappa shape index (κ1) is 13.8. The molecule has 1 saturated heterocycles. The molecule has 0 aromatic carbocycles. The molecule has 1 fully saturated rings. The molecule has 98 valence electrons. The fourth-order valence-corrected chi connectivity index (χ4v) is 1.48. The smallest absolute Gasteiger partial charge is 0.308 e. The van der Waals surface area contributed by atoms with Crippen LogP contribution in [0.15, 0.2) is 0 Å². The molecule has 0 saturated carbocycles. The van der Waals surface area contributed by atoms with Crippen LogP contribution in [0.25, 0.3) is 0 Å². The maximum absolute atomic E-state index is 11.6. The zero-order chi connectivity index (χ0) is 12.9. The van der Waals surface area contributed by atoms with E-state index >= 15 is 0 Å². The summed E-state index contributed by atoms with van der Waals surface area (Å²) in [6.45, 7) is 5.71. The van der Waals surface area contributed by atoms with Crippen LogP contribution in [0.2, 0.25) is 0 Å². The van der Waals surface area contributed by atoms with Crippen LogP contribution in [0.3, 0.4) is 0 Å². The number of amides is 1. The maximum Gasteiger partial charge on any atom is 0.402 e. The summed E-state index contributed by atoms with van der Waals surface area (Å²) in [6, 6.07) is 0. The summed E-state index contributed by atoms with van der Waals surface area (Å²) < 4.78 is 16.0. The fraction of sp³-hybridized carbons (Fsp3) is 0.889. The van der Waals surface area contributed by atoms with Crippen molar-refractivity contribution in [1.29, 1.82) is 0 Å². The van der Waals surface area contributed by atoms with Crippen molar-refractivity contribution >= 4 is 5.91 Å². The third-order valence-electron chi connectivity index (χ3n) is 1.99. The van der Waals surface area contributed by atoms with Crippen LogP contribution < -0.4 is 5.53 Å². The molecule has 1 heterocycles. The molecule has 0 aromatic heterocycles. The zero-order valence-electron chi connectivity index (χ0n) is 10.3. The molecule has 0 spiro atoms. The molecule has 0 unspecified atom stereocenters. The molecule has 0 atom stereocenters. The van der Waals surface area contributed by atoms with E-state index in [1.807, 2.05) is 0 Å². The number of hydrazine groups is 2. The zero-order valence-corrected chi connectivity index (χ0v) is 10.3. The van der Waals surface area contributed by atoms with Crippen molar-refractivity contribution in [3.05, 3.63) is 4.91 Å². The van der Waals surface area contributed by atoms with Crippen molar-refractivity contribution in [2.45, 2.75) is 26.9 Å². The lowest BCUT2D eigenvalue weighted by Crippen LogP contribution is -2.60. The van der Waals surface area contributed by atoms with Gasteiger partial charge in [0.1, 0.15) is 4.87 Å². The molecule has 8 nitrogen and oxygen atoms in total. The van der Waals surface area contributed by atoms with E-state index in [9.17, 15) is 9.70 Å². The summed E-state index contributed by atoms with van der Waals surface area (Å²) in [6.07, 6.45) is -1.69. The third-order valence-corrected chi connectivity index (χ3v) is 1.99. The minimum atomic E-state index is -1.69. The van der Waals surface area contributed by atoms with Crippen LogP contribution in [0.1, 0.15) is 20.8 Å². The SMILES string of the molecule is CCOC(OCC)(OCC)N1N[N+](=O)CC1=O. The predicted octanol–water partition coefficient (Wildman–Crippen LogP) is -0.252. The van der Waals surface area contributed by atoms with Gasteiger partial charge in [0.25, 0.3) is 0 Å². The van der Waals surface area contributed by atoms with Gasteiger partial charge in [0.15, 0.2) is 0 Å². The van der Waals surface area contributed by atoms with Gasteiger partial charge in [-0.3, -0.25) is 4.79 Å². The highest BCUT2D eigenvalue weighted by molar-refractivity contribution is 5.77. The van der Waals surface area contributed by atoms with Gasteiger partial charge >= 0.3 is 18.5 Å². The van der Waals surface area contributed by atoms with E-state index in [1.165, 1.54) is 0 Å². The maximum atomic E-state index is 11.6. The Labute approximate surface area is 99.3 Å². The third kappa shape index (κ3) is 2.90. The molecular weight excluding hydrogens is 230 g/mol. The van der Waals surface area contributed by atoms with E-state index < -0.39 is 12.0 Å². The number of nitrogens with one attached hydrogen (secondary N) is 1. The molecule has 17 heavy (non-hydrogen) atoms. The average Bonchev–Trinajstić information content (AvgIpc) is 2.59. The van der Waals surface area contributed by atoms with Crippen LogP contribution in [0.5, 0.6) is 0 Å². The molecule has 0 radical (unpaired) electrons. The van der Waals surface area contributed by atoms with Crippen LogP contribution >= 0.6 is 0 Å². The van der Waals surface area contributed by atoms with Crippen LogP contribution in [0.4, 0.5) is 0 Å². The molecule has 1 amide bonds. The number of nitrogens with zero attached hydrogens (tertiary/aromatic N) is 2. The molecule has 0 aliphatic carbocycles. The van der Waals surface area contributed by atoms with Crippen molar-refractivity contribution in [3.63, 3.8) is 0 Å². The van der Waals surface area contributed by atoms with Crippen molar-refractivity contribution in [2.24, 2.45) is 0 Å². The van der Waals surface area contributed by atoms with E-state index in [-0.39, 0.29) is 26.4 Å². The first-order chi connectivity index (χ1) is 8.09. The number of ether oxygens (including phenoxy) is 3. The number of rotatable bonds is 7. The van der Waals surface area contributed by atoms with Crippen LogP contribution in [0, 0.1) is 4.91 Å². The number of carbonyl (C=O) groups is 1. The first-order valence-electron chi connectivity index (χ1n) is 5.55. The van der Waals surface area contributed by atoms with Gasteiger partial charge in [0.2, 0.25) is 0 Å². The number of nitroso groups, excluding NO2 is 1. The van der Waals surface area contributed by atoms with Crippen molar-refractivity contribution in [2.75, 3.05) is 26.4 Å². The van der Waals surface area contributed by atoms with E-state index in [1.54, 1.807) is 20.8 Å². The lowest BCUT2D eigenvalue weighted by molar-refractivity contribution is -0.621. The van der Waals surface area contributed by atoms with Gasteiger partial charge in [-0.15, -0.1) is 5.01 Å². The summed E-state index contributed by atoms with van der Waals surface area (Å²) in [5.74, 6) is -0.477. The molecule has 1 aliphatic rings. The fourth-order valence-electron chi connectivity index (χ4n) is 1.48. The Hall–Kier alpha value is -1.25. The second-order valence-electron chi connectivity index (χ2n) is 3.19. The summed E-state index contributed by atoms with van der Waals surface area (Å²) in [7, 11) is 0. The second-order valence-corrected chi connectivity index (χ2v) is 3.19. The summed E-state index contributed by atoms with van der Waals surface area (Å²) in [5, 5.41) is 0.927. The van der Waals surface area contributed by atoms with E-state index in [0.717, 1.165) is 5.01 Å². The van der Waals surface area contributed by atoms with Crippen molar-refractivity contribution in [1.82, 2.24) is 10.5 Å². The number of hydrogen-bond acceptors (Lipinski definition) is 5. The minimum absolute atomic E-state index is 0.268. The highest BCUT2D eigenvalue weighted by Gasteiger charge is 2.52. The Bertz CT molecular complexity index is 279. The second kappa shape index (κ2) is 5.89. The van der Waals surface area contributed by atoms with Gasteiger partial charge < -0.3 is 14.2 Å². The molecular formula is C9H18N3O5+. The van der Waals surface area contributed by atoms with E-state index in [2.05, 4.69) is 5.53 Å². The van der Waals surface area contributed by atoms with Gasteiger partial charge in [-0.05, 0) is 26.3 Å². The van der Waals surface area contributed by atoms with Gasteiger partial charge in [-0.25, -0.2) is 0 Å². The Morgan fingerprint density at radius 1 is 1.24 bits per heavy atom. The summed E-state index contributed by atoms with van der Waals surface area (Å²) in [4.78, 5) is 23.1. The molecule has 1 N–H and O–H groups in total. The number of carbonyl (C=O) groups excluding carboxylic acids is 1. The van der Waals surface area contributed by atoms with E-state index in [0.29, 0.717) is 4.87 Å². The summed E-state index contributed by atoms with van der Waals surface area (Å²) >= 11 is 0. The van der Waals surface area contributed by atoms with Gasteiger partial charge in [-0.1, -0.05) is 0 Å². The van der Waals surface area contributed by atoms with Gasteiger partial charge in [-0.2, -0.15) is 0 Å². The molecule has 1 aliphatic heterocycles. The quantitative estimate of drug-likeness (QED) is 0.494. The highest BCUT2D eigenvalue weighted by Crippen LogP contribution is 2.21. The van der Waals surface area contributed by atoms with E-state index in [4.69, 9.17) is 14.2 Å². The van der Waals surface area contributed by atoms with Crippen molar-refractivity contribution in [3.8, 4) is 0 Å². The normalized spacial score (nSPS) is 16.5. The Balaban J connectivity index is 2.93. The monoisotopic (exact) mass is 248 g/mol. The molecule has 0 aromatic rings. The topological polar surface area (TPSA) is 80.1 Å². The molecule has 8 heteroatoms. The van der Waals surface area contributed by atoms with Gasteiger partial charge in [0.05, 0.1) is 24.7 Å². The highest BCUT2D eigenvalue weighted by atomic mass is 16.9. The van der Waals surface area contributed by atoms with Crippen LogP contribution in [-0.4, -0.2) is 48.2 Å². The Morgan fingerprint density at radius 2 is 1.71 bits per heavy atom. The molecule has 0 bridgehead atoms. The predicted molar refractivity (Wildman–Crippen MR) is 56.1 cm³/mol. The minimum Gasteiger partial charge on any atom is -0.308 e. The first-order valence-corrected chi connectivity index (χ1v) is 5.55. The standard InChI is InChI=1S/C9H18N3O5/c1-4-15-9(16-5-2,17-6-3)12-8(13)7-11(14)10-12/h4-7H2,1-3H3,(H,10,14)/q+1. The van der Waals surface area contributed by atoms with Crippen molar-refractivity contribution < 1.29 is 23.9 Å².